The lowest BCUT2D eigenvalue weighted by Crippen LogP contribution is -2.07. The van der Waals surface area contributed by atoms with Crippen molar-refractivity contribution in [3.05, 3.63) is 70.6 Å². The molecular weight excluding hydrogens is 392 g/mol. The van der Waals surface area contributed by atoms with Crippen LogP contribution in [0.3, 0.4) is 0 Å². The molecule has 1 amide bonds. The van der Waals surface area contributed by atoms with Crippen LogP contribution in [0.2, 0.25) is 5.02 Å². The molecule has 6 heteroatoms. The number of benzene rings is 2. The largest absolute Gasteiger partial charge is 0.494 e. The van der Waals surface area contributed by atoms with E-state index in [4.69, 9.17) is 16.3 Å². The van der Waals surface area contributed by atoms with Gasteiger partial charge >= 0.3 is 0 Å². The molecule has 0 fully saturated rings. The third-order valence-electron chi connectivity index (χ3n) is 3.97. The highest BCUT2D eigenvalue weighted by Crippen LogP contribution is 2.26. The van der Waals surface area contributed by atoms with Crippen LogP contribution in [-0.4, -0.2) is 17.5 Å². The summed E-state index contributed by atoms with van der Waals surface area (Å²) in [5.74, 6) is 0.603. The van der Waals surface area contributed by atoms with Gasteiger partial charge in [-0.2, -0.15) is 0 Å². The number of ether oxygens (including phenoxy) is 1. The van der Waals surface area contributed by atoms with E-state index in [1.807, 2.05) is 47.8 Å². The Morgan fingerprint density at radius 3 is 2.75 bits per heavy atom. The van der Waals surface area contributed by atoms with Gasteiger partial charge in [0.2, 0.25) is 5.91 Å². The van der Waals surface area contributed by atoms with E-state index in [1.54, 1.807) is 12.1 Å². The minimum Gasteiger partial charge on any atom is -0.494 e. The number of unbranched alkanes of at least 4 members (excludes halogenated alkanes) is 1. The molecule has 3 rings (SSSR count). The van der Waals surface area contributed by atoms with Crippen LogP contribution in [0.4, 0.5) is 5.13 Å². The van der Waals surface area contributed by atoms with Crippen molar-refractivity contribution in [3.8, 4) is 17.0 Å². The Kier molecular flexibility index (Phi) is 7.23. The number of aromatic nitrogens is 1. The number of carbonyl (C=O) groups excluding carboxylic acids is 1. The predicted octanol–water partition coefficient (Wildman–Crippen LogP) is 6.29. The number of nitrogens with zero attached hydrogens (tertiary/aromatic N) is 1. The van der Waals surface area contributed by atoms with Gasteiger partial charge in [0.1, 0.15) is 5.75 Å². The minimum atomic E-state index is -0.250. The molecule has 0 bridgehead atoms. The van der Waals surface area contributed by atoms with Crippen molar-refractivity contribution < 1.29 is 9.53 Å². The highest BCUT2D eigenvalue weighted by molar-refractivity contribution is 7.14. The van der Waals surface area contributed by atoms with Gasteiger partial charge in [-0.25, -0.2) is 4.98 Å². The van der Waals surface area contributed by atoms with Gasteiger partial charge in [-0.3, -0.25) is 10.1 Å². The third-order valence-corrected chi connectivity index (χ3v) is 5.07. The van der Waals surface area contributed by atoms with Crippen LogP contribution < -0.4 is 10.1 Å². The molecule has 4 nitrogen and oxygen atoms in total. The first kappa shape index (κ1) is 20.1. The van der Waals surface area contributed by atoms with E-state index in [1.165, 1.54) is 17.4 Å². The Hall–Kier alpha value is -2.63. The Bertz CT molecular complexity index is 951. The number of anilines is 1. The molecule has 0 spiro atoms. The maximum atomic E-state index is 12.1. The summed E-state index contributed by atoms with van der Waals surface area (Å²) in [5, 5.41) is 5.85. The molecule has 1 heterocycles. The molecule has 0 unspecified atom stereocenters. The Labute approximate surface area is 173 Å². The number of carbonyl (C=O) groups is 1. The van der Waals surface area contributed by atoms with Crippen LogP contribution in [0.15, 0.2) is 60.0 Å². The Morgan fingerprint density at radius 1 is 1.21 bits per heavy atom. The molecule has 0 aliphatic rings. The van der Waals surface area contributed by atoms with Crippen molar-refractivity contribution in [3.63, 3.8) is 0 Å². The summed E-state index contributed by atoms with van der Waals surface area (Å²) in [6.07, 6.45) is 5.29. The average molecular weight is 413 g/mol. The van der Waals surface area contributed by atoms with Gasteiger partial charge in [-0.1, -0.05) is 43.1 Å². The summed E-state index contributed by atoms with van der Waals surface area (Å²) in [4.78, 5) is 16.6. The molecule has 0 aliphatic carbocycles. The summed E-state index contributed by atoms with van der Waals surface area (Å²) in [7, 11) is 0. The zero-order valence-electron chi connectivity index (χ0n) is 15.5. The van der Waals surface area contributed by atoms with E-state index >= 15 is 0 Å². The molecule has 2 aromatic carbocycles. The summed E-state index contributed by atoms with van der Waals surface area (Å²) in [6.45, 7) is 2.86. The fraction of sp³-hybridized carbons (Fsp3) is 0.182. The lowest BCUT2D eigenvalue weighted by atomic mass is 10.2. The smallest absolute Gasteiger partial charge is 0.250 e. The molecule has 3 aromatic rings. The first-order chi connectivity index (χ1) is 13.7. The molecule has 0 saturated heterocycles. The highest BCUT2D eigenvalue weighted by Gasteiger charge is 2.07. The van der Waals surface area contributed by atoms with Crippen LogP contribution in [0.1, 0.15) is 25.3 Å². The van der Waals surface area contributed by atoms with Crippen molar-refractivity contribution in [2.45, 2.75) is 19.8 Å². The molecule has 0 radical (unpaired) electrons. The second kappa shape index (κ2) is 10.1. The van der Waals surface area contributed by atoms with E-state index in [9.17, 15) is 4.79 Å². The number of nitrogens with one attached hydrogen (secondary N) is 1. The van der Waals surface area contributed by atoms with Crippen molar-refractivity contribution in [1.29, 1.82) is 0 Å². The third kappa shape index (κ3) is 5.68. The highest BCUT2D eigenvalue weighted by atomic mass is 35.5. The van der Waals surface area contributed by atoms with Gasteiger partial charge in [-0.05, 0) is 48.4 Å². The Balaban J connectivity index is 1.59. The van der Waals surface area contributed by atoms with Gasteiger partial charge in [0.25, 0.3) is 0 Å². The fourth-order valence-electron chi connectivity index (χ4n) is 2.44. The van der Waals surface area contributed by atoms with Crippen LogP contribution in [0, 0.1) is 0 Å². The normalized spacial score (nSPS) is 10.9. The Morgan fingerprint density at radius 2 is 2.00 bits per heavy atom. The second-order valence-corrected chi connectivity index (χ2v) is 7.37. The SMILES string of the molecule is CCCCOc1ccc(-c2csc(NC(=O)C=Cc3ccccc3Cl)n2)cc1. The number of amides is 1. The number of rotatable bonds is 8. The van der Waals surface area contributed by atoms with Crippen molar-refractivity contribution >= 4 is 40.1 Å². The topological polar surface area (TPSA) is 51.2 Å². The summed E-state index contributed by atoms with van der Waals surface area (Å²) in [6, 6.07) is 15.2. The lowest BCUT2D eigenvalue weighted by molar-refractivity contribution is -0.111. The molecular formula is C22H21ClN2O2S. The summed E-state index contributed by atoms with van der Waals surface area (Å²) >= 11 is 7.47. The predicted molar refractivity (Wildman–Crippen MR) is 117 cm³/mol. The molecule has 0 saturated carbocycles. The number of hydrogen-bond acceptors (Lipinski definition) is 4. The van der Waals surface area contributed by atoms with Gasteiger partial charge in [0, 0.05) is 22.0 Å². The first-order valence-corrected chi connectivity index (χ1v) is 10.3. The molecule has 144 valence electrons. The standard InChI is InChI=1S/C22H21ClN2O2S/c1-2-3-14-27-18-11-8-17(9-12-18)20-15-28-22(24-20)25-21(26)13-10-16-6-4-5-7-19(16)23/h4-13,15H,2-3,14H2,1H3,(H,24,25,26). The van der Waals surface area contributed by atoms with Crippen molar-refractivity contribution in [2.75, 3.05) is 11.9 Å². The van der Waals surface area contributed by atoms with E-state index < -0.39 is 0 Å². The first-order valence-electron chi connectivity index (χ1n) is 9.08. The molecule has 0 atom stereocenters. The molecule has 1 aromatic heterocycles. The van der Waals surface area contributed by atoms with Crippen LogP contribution in [-0.2, 0) is 4.79 Å². The van der Waals surface area contributed by atoms with Gasteiger partial charge in [0.15, 0.2) is 5.13 Å². The van der Waals surface area contributed by atoms with E-state index in [0.29, 0.717) is 10.2 Å². The van der Waals surface area contributed by atoms with E-state index in [2.05, 4.69) is 17.2 Å². The molecule has 1 N–H and O–H groups in total. The quantitative estimate of drug-likeness (QED) is 0.349. The minimum absolute atomic E-state index is 0.250. The monoisotopic (exact) mass is 412 g/mol. The summed E-state index contributed by atoms with van der Waals surface area (Å²) < 4.78 is 5.68. The van der Waals surface area contributed by atoms with E-state index in [-0.39, 0.29) is 5.91 Å². The molecule has 0 aliphatic heterocycles. The summed E-state index contributed by atoms with van der Waals surface area (Å²) in [5.41, 5.74) is 2.59. The zero-order chi connectivity index (χ0) is 19.8. The maximum Gasteiger partial charge on any atom is 0.250 e. The number of halogens is 1. The van der Waals surface area contributed by atoms with Crippen LogP contribution in [0.25, 0.3) is 17.3 Å². The second-order valence-electron chi connectivity index (χ2n) is 6.11. The average Bonchev–Trinajstić information content (AvgIpc) is 3.16. The van der Waals surface area contributed by atoms with Gasteiger partial charge < -0.3 is 4.74 Å². The molecule has 28 heavy (non-hydrogen) atoms. The number of hydrogen-bond donors (Lipinski definition) is 1. The van der Waals surface area contributed by atoms with Crippen molar-refractivity contribution in [2.24, 2.45) is 0 Å². The van der Waals surface area contributed by atoms with Gasteiger partial charge in [-0.15, -0.1) is 11.3 Å². The lowest BCUT2D eigenvalue weighted by Gasteiger charge is -2.05. The van der Waals surface area contributed by atoms with Crippen LogP contribution in [0.5, 0.6) is 5.75 Å². The van der Waals surface area contributed by atoms with Crippen LogP contribution >= 0.6 is 22.9 Å². The zero-order valence-corrected chi connectivity index (χ0v) is 17.1. The van der Waals surface area contributed by atoms with Crippen molar-refractivity contribution in [1.82, 2.24) is 4.98 Å². The van der Waals surface area contributed by atoms with Gasteiger partial charge in [0.05, 0.1) is 12.3 Å². The maximum absolute atomic E-state index is 12.1. The fourth-order valence-corrected chi connectivity index (χ4v) is 3.36. The van der Waals surface area contributed by atoms with E-state index in [0.717, 1.165) is 42.0 Å². The number of thiazole rings is 1.